The number of rotatable bonds is 4. The number of para-hydroxylation sites is 1. The molecule has 28 heavy (non-hydrogen) atoms. The van der Waals surface area contributed by atoms with Crippen molar-refractivity contribution in [3.63, 3.8) is 0 Å². The first-order valence-electron chi connectivity index (χ1n) is 8.73. The Morgan fingerprint density at radius 2 is 1.86 bits per heavy atom. The summed E-state index contributed by atoms with van der Waals surface area (Å²) in [5.74, 6) is 0.00773. The average Bonchev–Trinajstić information content (AvgIpc) is 3.24. The van der Waals surface area contributed by atoms with E-state index < -0.39 is 5.91 Å². The number of amides is 1. The fourth-order valence-electron chi connectivity index (χ4n) is 2.80. The average molecular weight is 387 g/mol. The lowest BCUT2D eigenvalue weighted by Crippen LogP contribution is -2.34. The van der Waals surface area contributed by atoms with Crippen LogP contribution in [0.5, 0.6) is 0 Å². The van der Waals surface area contributed by atoms with E-state index in [2.05, 4.69) is 10.4 Å². The monoisotopic (exact) mass is 387 g/mol. The van der Waals surface area contributed by atoms with Crippen molar-refractivity contribution < 1.29 is 4.79 Å². The smallest absolute Gasteiger partial charge is 0.268 e. The highest BCUT2D eigenvalue weighted by Gasteiger charge is 2.14. The van der Waals surface area contributed by atoms with Crippen LogP contribution in [-0.4, -0.2) is 15.6 Å². The van der Waals surface area contributed by atoms with Gasteiger partial charge in [0.05, 0.1) is 15.8 Å². The van der Waals surface area contributed by atoms with Crippen LogP contribution >= 0.6 is 11.3 Å². The van der Waals surface area contributed by atoms with Crippen LogP contribution in [0.3, 0.4) is 0 Å². The number of fused-ring (bicyclic) bond motifs is 1. The fraction of sp³-hybridized carbons (Fsp3) is 0.0455. The molecule has 2 aromatic heterocycles. The number of nitrogens with one attached hydrogen (secondary N) is 1. The number of thiophene rings is 1. The van der Waals surface area contributed by atoms with E-state index in [1.54, 1.807) is 24.3 Å². The predicted octanol–water partition coefficient (Wildman–Crippen LogP) is 4.22. The molecule has 0 fully saturated rings. The van der Waals surface area contributed by atoms with E-state index in [0.29, 0.717) is 16.7 Å². The molecule has 4 rings (SSSR count). The zero-order valence-corrected chi connectivity index (χ0v) is 15.9. The van der Waals surface area contributed by atoms with E-state index in [9.17, 15) is 9.59 Å². The molecule has 5 nitrogen and oxygen atoms in total. The van der Waals surface area contributed by atoms with Gasteiger partial charge in [-0.05, 0) is 42.1 Å². The largest absolute Gasteiger partial charge is 0.280 e. The quantitative estimate of drug-likeness (QED) is 0.533. The van der Waals surface area contributed by atoms with Crippen molar-refractivity contribution in [2.24, 2.45) is 0 Å². The predicted molar refractivity (Wildman–Crippen MR) is 114 cm³/mol. The van der Waals surface area contributed by atoms with Gasteiger partial charge in [0.2, 0.25) is 0 Å². The first-order valence-corrected chi connectivity index (χ1v) is 9.61. The van der Waals surface area contributed by atoms with Crippen molar-refractivity contribution in [3.8, 4) is 10.7 Å². The van der Waals surface area contributed by atoms with Crippen molar-refractivity contribution in [2.75, 3.05) is 5.43 Å². The van der Waals surface area contributed by atoms with E-state index in [1.165, 1.54) is 22.1 Å². The lowest BCUT2D eigenvalue weighted by Gasteiger charge is -2.12. The third kappa shape index (κ3) is 3.63. The Hall–Kier alpha value is -3.51. The summed E-state index contributed by atoms with van der Waals surface area (Å²) < 4.78 is 1.22. The molecule has 4 aromatic rings. The van der Waals surface area contributed by atoms with Crippen LogP contribution in [0.2, 0.25) is 0 Å². The molecule has 2 aromatic carbocycles. The SMILES string of the molecule is Cc1ccc(/C=C\C(=O)Nn2c(-c3cccs3)nc3ccccc3c2=O)cc1. The third-order valence-electron chi connectivity index (χ3n) is 4.24. The van der Waals surface area contributed by atoms with Crippen LogP contribution in [0.1, 0.15) is 11.1 Å². The standard InChI is InChI=1S/C22H17N3O2S/c1-15-8-10-16(11-9-15)12-13-20(26)24-25-21(19-7-4-14-28-19)23-18-6-3-2-5-17(18)22(25)27/h2-14H,1H3,(H,24,26)/b13-12-. The lowest BCUT2D eigenvalue weighted by atomic mass is 10.1. The number of hydrogen-bond acceptors (Lipinski definition) is 4. The molecule has 0 bridgehead atoms. The summed E-state index contributed by atoms with van der Waals surface area (Å²) >= 11 is 1.45. The number of benzene rings is 2. The molecule has 138 valence electrons. The summed E-state index contributed by atoms with van der Waals surface area (Å²) in [5, 5.41) is 2.35. The maximum absolute atomic E-state index is 13.0. The van der Waals surface area contributed by atoms with Crippen molar-refractivity contribution >= 4 is 34.2 Å². The number of aromatic nitrogens is 2. The van der Waals surface area contributed by atoms with E-state index in [1.807, 2.05) is 54.8 Å². The number of carbonyl (C=O) groups excluding carboxylic acids is 1. The molecule has 0 spiro atoms. The highest BCUT2D eigenvalue weighted by atomic mass is 32.1. The molecule has 0 aliphatic heterocycles. The van der Waals surface area contributed by atoms with Gasteiger partial charge in [-0.25, -0.2) is 4.98 Å². The second-order valence-electron chi connectivity index (χ2n) is 6.29. The second-order valence-corrected chi connectivity index (χ2v) is 7.24. The van der Waals surface area contributed by atoms with E-state index in [-0.39, 0.29) is 5.56 Å². The van der Waals surface area contributed by atoms with Crippen LogP contribution < -0.4 is 11.0 Å². The number of aryl methyl sites for hydroxylation is 1. The maximum Gasteiger partial charge on any atom is 0.280 e. The highest BCUT2D eigenvalue weighted by Crippen LogP contribution is 2.23. The molecular weight excluding hydrogens is 370 g/mol. The summed E-state index contributed by atoms with van der Waals surface area (Å²) in [5.41, 5.74) is 5.00. The Balaban J connectivity index is 1.72. The maximum atomic E-state index is 13.0. The molecule has 0 saturated heterocycles. The molecule has 1 N–H and O–H groups in total. The Kier molecular flexibility index (Phi) is 4.87. The lowest BCUT2D eigenvalue weighted by molar-refractivity contribution is -0.112. The van der Waals surface area contributed by atoms with Gasteiger partial charge in [0.15, 0.2) is 5.82 Å². The first kappa shape index (κ1) is 17.9. The molecule has 0 aliphatic rings. The number of carbonyl (C=O) groups is 1. The Labute approximate surface area is 165 Å². The van der Waals surface area contributed by atoms with Crippen molar-refractivity contribution in [1.29, 1.82) is 0 Å². The molecule has 1 amide bonds. The van der Waals surface area contributed by atoms with Gasteiger partial charge < -0.3 is 0 Å². The number of hydrogen-bond donors (Lipinski definition) is 1. The van der Waals surface area contributed by atoms with Gasteiger partial charge >= 0.3 is 0 Å². The summed E-state index contributed by atoms with van der Waals surface area (Å²) in [4.78, 5) is 30.9. The second kappa shape index (κ2) is 7.62. The van der Waals surface area contributed by atoms with Crippen LogP contribution in [-0.2, 0) is 4.79 Å². The highest BCUT2D eigenvalue weighted by molar-refractivity contribution is 7.13. The van der Waals surface area contributed by atoms with Crippen molar-refractivity contribution in [2.45, 2.75) is 6.92 Å². The van der Waals surface area contributed by atoms with Crippen molar-refractivity contribution in [3.05, 3.63) is 93.6 Å². The van der Waals surface area contributed by atoms with Gasteiger partial charge in [-0.15, -0.1) is 11.3 Å². The minimum Gasteiger partial charge on any atom is -0.268 e. The summed E-state index contributed by atoms with van der Waals surface area (Å²) in [6.07, 6.45) is 3.11. The summed E-state index contributed by atoms with van der Waals surface area (Å²) in [6.45, 7) is 2.01. The zero-order chi connectivity index (χ0) is 19.5. The molecular formula is C22H17N3O2S. The van der Waals surface area contributed by atoms with Gasteiger partial charge in [-0.2, -0.15) is 4.68 Å². The molecule has 2 heterocycles. The summed E-state index contributed by atoms with van der Waals surface area (Å²) in [7, 11) is 0. The van der Waals surface area contributed by atoms with E-state index >= 15 is 0 Å². The third-order valence-corrected chi connectivity index (χ3v) is 5.11. The van der Waals surface area contributed by atoms with E-state index in [0.717, 1.165) is 16.0 Å². The van der Waals surface area contributed by atoms with Crippen LogP contribution in [0, 0.1) is 6.92 Å². The molecule has 6 heteroatoms. The first-order chi connectivity index (χ1) is 13.6. The fourth-order valence-corrected chi connectivity index (χ4v) is 3.51. The van der Waals surface area contributed by atoms with E-state index in [4.69, 9.17) is 0 Å². The minimum absolute atomic E-state index is 0.314. The normalized spacial score (nSPS) is 11.2. The van der Waals surface area contributed by atoms with Crippen LogP contribution in [0.4, 0.5) is 0 Å². The summed E-state index contributed by atoms with van der Waals surface area (Å²) in [6, 6.07) is 18.7. The molecule has 0 radical (unpaired) electrons. The van der Waals surface area contributed by atoms with Gasteiger partial charge in [-0.3, -0.25) is 15.0 Å². The zero-order valence-electron chi connectivity index (χ0n) is 15.1. The van der Waals surface area contributed by atoms with Gasteiger partial charge in [0, 0.05) is 6.08 Å². The molecule has 0 aliphatic carbocycles. The Morgan fingerprint density at radius 3 is 2.61 bits per heavy atom. The van der Waals surface area contributed by atoms with Gasteiger partial charge in [0.25, 0.3) is 11.5 Å². The molecule has 0 unspecified atom stereocenters. The van der Waals surface area contributed by atoms with Gasteiger partial charge in [-0.1, -0.05) is 48.0 Å². The topological polar surface area (TPSA) is 64.0 Å². The number of nitrogens with zero attached hydrogens (tertiary/aromatic N) is 2. The molecule has 0 saturated carbocycles. The van der Waals surface area contributed by atoms with Crippen LogP contribution in [0.25, 0.3) is 27.7 Å². The minimum atomic E-state index is -0.405. The molecule has 0 atom stereocenters. The van der Waals surface area contributed by atoms with Crippen molar-refractivity contribution in [1.82, 2.24) is 9.66 Å². The Bertz CT molecular complexity index is 1220. The van der Waals surface area contributed by atoms with Crippen LogP contribution in [0.15, 0.2) is 76.9 Å². The Morgan fingerprint density at radius 1 is 1.07 bits per heavy atom. The van der Waals surface area contributed by atoms with Gasteiger partial charge in [0.1, 0.15) is 0 Å².